The maximum Gasteiger partial charge on any atom is 0 e. The summed E-state index contributed by atoms with van der Waals surface area (Å²) in [6, 6.07) is 0. The SMILES string of the molecule is [Al].[Al].[Co].[Co].[O-2].[O-2].[O-2].[O-2].[O-2].[O-2].[O-2].[Re].[Re]. The van der Waals surface area contributed by atoms with E-state index in [-0.39, 0.29) is 147 Å². The first-order valence-corrected chi connectivity index (χ1v) is 0. The van der Waals surface area contributed by atoms with Gasteiger partial charge in [0.15, 0.2) is 0 Å². The number of hydrogen-bond acceptors (Lipinski definition) is 0. The molecule has 0 N–H and O–H groups in total. The summed E-state index contributed by atoms with van der Waals surface area (Å²) in [7, 11) is 0. The quantitative estimate of drug-likeness (QED) is 0.271. The van der Waals surface area contributed by atoms with E-state index in [2.05, 4.69) is 0 Å². The van der Waals surface area contributed by atoms with Gasteiger partial charge in [0.05, 0.1) is 0 Å². The molecule has 0 aliphatic heterocycles. The van der Waals surface area contributed by atoms with Crippen LogP contribution in [0.25, 0.3) is 0 Å². The fourth-order valence-electron chi connectivity index (χ4n) is 0. The molecule has 0 saturated heterocycles. The van der Waals surface area contributed by atoms with Crippen molar-refractivity contribution in [3.05, 3.63) is 0 Å². The van der Waals surface area contributed by atoms with Crippen molar-refractivity contribution in [1.82, 2.24) is 0 Å². The van der Waals surface area contributed by atoms with Gasteiger partial charge in [0.1, 0.15) is 0 Å². The van der Waals surface area contributed by atoms with Crippen LogP contribution in [-0.2, 0) is 113 Å². The summed E-state index contributed by atoms with van der Waals surface area (Å²) in [6.07, 6.45) is 0. The van der Waals surface area contributed by atoms with E-state index < -0.39 is 0 Å². The van der Waals surface area contributed by atoms with Crippen LogP contribution in [0.4, 0.5) is 0 Å². The van der Waals surface area contributed by atoms with Gasteiger partial charge >= 0.3 is 0 Å². The van der Waals surface area contributed by atoms with Gasteiger partial charge in [0.25, 0.3) is 0 Å². The molecule has 0 aliphatic carbocycles. The molecule has 0 atom stereocenters. The molecule has 94 valence electrons. The van der Waals surface area contributed by atoms with E-state index >= 15 is 0 Å². The fourth-order valence-corrected chi connectivity index (χ4v) is 0. The predicted octanol–water partition coefficient (Wildman–Crippen LogP) is -1.60. The summed E-state index contributed by atoms with van der Waals surface area (Å²) in [4.78, 5) is 0. The smallest absolute Gasteiger partial charge is 0 e. The second-order valence-electron chi connectivity index (χ2n) is 0. The zero-order valence-corrected chi connectivity index (χ0v) is 15.3. The molecular weight excluding hydrogens is 656 g/mol. The number of hydrogen-bond donors (Lipinski definition) is 0. The van der Waals surface area contributed by atoms with E-state index in [4.69, 9.17) is 0 Å². The fraction of sp³-hybridized carbons (Fsp3) is 0. The van der Waals surface area contributed by atoms with E-state index in [0.29, 0.717) is 0 Å². The van der Waals surface area contributed by atoms with Gasteiger partial charge in [-0.15, -0.1) is 0 Å². The average molecular weight is 656 g/mol. The maximum atomic E-state index is 0. The minimum absolute atomic E-state index is 0. The standard InChI is InChI=1S/2Al.2Co.7O.2Re/q;;;;7*-2;;. The van der Waals surface area contributed by atoms with Crippen LogP contribution in [-0.4, -0.2) is 34.7 Å². The van der Waals surface area contributed by atoms with Crippen LogP contribution in [0.1, 0.15) is 0 Å². The molecule has 0 aromatic rings. The van der Waals surface area contributed by atoms with Crippen LogP contribution < -0.4 is 0 Å². The first-order chi connectivity index (χ1) is 0. The molecule has 7 nitrogen and oxygen atoms in total. The first-order valence-electron chi connectivity index (χ1n) is 0. The van der Waals surface area contributed by atoms with Gasteiger partial charge in [-0.2, -0.15) is 0 Å². The van der Waals surface area contributed by atoms with Crippen LogP contribution in [0.15, 0.2) is 0 Å². The topological polar surface area (TPSA) is 200 Å². The molecule has 0 aromatic carbocycles. The molecule has 10 radical (unpaired) electrons. The van der Waals surface area contributed by atoms with Crippen LogP contribution in [0.2, 0.25) is 0 Å². The predicted molar refractivity (Wildman–Crippen MR) is 16.3 cm³/mol. The van der Waals surface area contributed by atoms with Gasteiger partial charge in [-0.25, -0.2) is 0 Å². The van der Waals surface area contributed by atoms with Crippen molar-refractivity contribution in [2.45, 2.75) is 0 Å². The Kier molecular flexibility index (Phi) is 9000. The van der Waals surface area contributed by atoms with Gasteiger partial charge in [0.2, 0.25) is 0 Å². The molecule has 0 saturated carbocycles. The van der Waals surface area contributed by atoms with Crippen LogP contribution in [0, 0.1) is 0 Å². The summed E-state index contributed by atoms with van der Waals surface area (Å²) in [6.45, 7) is 0. The average Bonchev–Trinajstić information content (AvgIpc) is 0. The third-order valence-corrected chi connectivity index (χ3v) is 0. The third kappa shape index (κ3) is 267. The summed E-state index contributed by atoms with van der Waals surface area (Å²) in [5.74, 6) is 0. The van der Waals surface area contributed by atoms with Crippen molar-refractivity contribution >= 4 is 34.7 Å². The molecule has 0 bridgehead atoms. The van der Waals surface area contributed by atoms with Crippen molar-refractivity contribution in [1.29, 1.82) is 0 Å². The summed E-state index contributed by atoms with van der Waals surface area (Å²) >= 11 is 0. The molecule has 0 unspecified atom stereocenters. The Morgan fingerprint density at radius 2 is 0.308 bits per heavy atom. The molecule has 0 aliphatic rings. The molecule has 0 rings (SSSR count). The summed E-state index contributed by atoms with van der Waals surface area (Å²) < 4.78 is 0. The van der Waals surface area contributed by atoms with Gasteiger partial charge in [0, 0.05) is 109 Å². The number of rotatable bonds is 0. The zero-order chi connectivity index (χ0) is 0. The monoisotopic (exact) mass is 658 g/mol. The Morgan fingerprint density at radius 1 is 0.308 bits per heavy atom. The Morgan fingerprint density at radius 3 is 0.308 bits per heavy atom. The van der Waals surface area contributed by atoms with Gasteiger partial charge in [-0.3, -0.25) is 0 Å². The Labute approximate surface area is 146 Å². The zero-order valence-electron chi connectivity index (χ0n) is 5.44. The summed E-state index contributed by atoms with van der Waals surface area (Å²) in [5, 5.41) is 0. The first kappa shape index (κ1) is 378. The van der Waals surface area contributed by atoms with Crippen molar-refractivity contribution in [2.75, 3.05) is 0 Å². The summed E-state index contributed by atoms with van der Waals surface area (Å²) in [5.41, 5.74) is 0. The Bertz CT molecular complexity index is 22.5. The maximum absolute atomic E-state index is 0. The van der Waals surface area contributed by atoms with Crippen LogP contribution >= 0.6 is 0 Å². The largest absolute Gasteiger partial charge is 2.00 e. The van der Waals surface area contributed by atoms with Gasteiger partial charge in [-0.05, 0) is 0 Å². The second kappa shape index (κ2) is 309. The van der Waals surface area contributed by atoms with E-state index in [9.17, 15) is 0 Å². The van der Waals surface area contributed by atoms with Crippen LogP contribution in [0.3, 0.4) is 0 Å². The van der Waals surface area contributed by atoms with Gasteiger partial charge in [-0.1, -0.05) is 0 Å². The van der Waals surface area contributed by atoms with Crippen molar-refractivity contribution in [2.24, 2.45) is 0 Å². The van der Waals surface area contributed by atoms with E-state index in [1.807, 2.05) is 0 Å². The third-order valence-electron chi connectivity index (χ3n) is 0. The minimum Gasteiger partial charge on any atom is -2.00 e. The molecule has 0 heterocycles. The van der Waals surface area contributed by atoms with E-state index in [1.165, 1.54) is 0 Å². The van der Waals surface area contributed by atoms with Crippen molar-refractivity contribution < 1.29 is 113 Å². The van der Waals surface area contributed by atoms with Crippen LogP contribution in [0.5, 0.6) is 0 Å². The van der Waals surface area contributed by atoms with Crippen molar-refractivity contribution in [3.8, 4) is 0 Å². The molecule has 13 heteroatoms. The second-order valence-corrected chi connectivity index (χ2v) is 0. The van der Waals surface area contributed by atoms with E-state index in [0.717, 1.165) is 0 Å². The Balaban J connectivity index is 0. The minimum atomic E-state index is 0. The molecule has 0 aromatic heterocycles. The molecule has 13 heavy (non-hydrogen) atoms. The van der Waals surface area contributed by atoms with Crippen molar-refractivity contribution in [3.63, 3.8) is 0 Å². The van der Waals surface area contributed by atoms with E-state index in [1.54, 1.807) is 0 Å². The molecule has 0 fully saturated rings. The normalized spacial score (nSPS) is 0. The van der Waals surface area contributed by atoms with Gasteiger partial charge < -0.3 is 38.3 Å². The Hall–Kier alpha value is 3.12. The molecule has 0 amide bonds. The molecular formula is Al2Co2O7Re2-14. The molecule has 0 spiro atoms.